The third-order valence-electron chi connectivity index (χ3n) is 10.7. The summed E-state index contributed by atoms with van der Waals surface area (Å²) in [5.74, 6) is -6.36. The van der Waals surface area contributed by atoms with Crippen LogP contribution in [0.5, 0.6) is 0 Å². The van der Waals surface area contributed by atoms with Gasteiger partial charge in [-0.25, -0.2) is 0 Å². The average molecular weight is 615 g/mol. The minimum Gasteiger partial charge on any atom is -0.383 e. The van der Waals surface area contributed by atoms with Crippen LogP contribution in [-0.4, -0.2) is 34.8 Å². The van der Waals surface area contributed by atoms with Crippen molar-refractivity contribution in [3.8, 4) is 0 Å². The van der Waals surface area contributed by atoms with E-state index in [1.165, 1.54) is 11.8 Å². The van der Waals surface area contributed by atoms with E-state index in [1.807, 2.05) is 66.9 Å². The molecule has 0 heterocycles. The largest absolute Gasteiger partial charge is 0.456 e. The Morgan fingerprint density at radius 1 is 0.907 bits per heavy atom. The van der Waals surface area contributed by atoms with Crippen LogP contribution < -0.4 is 0 Å². The number of fused-ring (bicyclic) bond motifs is 4. The SMILES string of the molecule is CSc1ccc(/C=C/c2ccc([C@H]3CC4(C)C(CCC4(O)C(F)(F)C(F)(F)F)C4CCC5=CC(=O)CCC5=C43)cc2)cc1. The Bertz CT molecular complexity index is 1500. The van der Waals surface area contributed by atoms with Crippen LogP contribution >= 0.6 is 11.8 Å². The molecule has 6 rings (SSSR count). The van der Waals surface area contributed by atoms with E-state index in [9.17, 15) is 23.1 Å². The predicted molar refractivity (Wildman–Crippen MR) is 160 cm³/mol. The zero-order valence-electron chi connectivity index (χ0n) is 24.2. The van der Waals surface area contributed by atoms with E-state index in [0.717, 1.165) is 33.4 Å². The lowest BCUT2D eigenvalue weighted by Crippen LogP contribution is -2.65. The van der Waals surface area contributed by atoms with E-state index < -0.39 is 41.4 Å². The predicted octanol–water partition coefficient (Wildman–Crippen LogP) is 9.41. The molecule has 4 aliphatic carbocycles. The number of benzene rings is 2. The molecular weight excluding hydrogens is 579 g/mol. The lowest BCUT2D eigenvalue weighted by Gasteiger charge is -2.56. The zero-order valence-corrected chi connectivity index (χ0v) is 25.0. The molecule has 2 fully saturated rings. The minimum atomic E-state index is -5.86. The highest BCUT2D eigenvalue weighted by atomic mass is 32.2. The summed E-state index contributed by atoms with van der Waals surface area (Å²) in [6, 6.07) is 15.9. The molecule has 0 aromatic heterocycles. The third kappa shape index (κ3) is 4.84. The van der Waals surface area contributed by atoms with Gasteiger partial charge in [-0.05, 0) is 103 Å². The second-order valence-corrected chi connectivity index (χ2v) is 13.6. The Morgan fingerprint density at radius 3 is 2.14 bits per heavy atom. The van der Waals surface area contributed by atoms with Crippen LogP contribution in [-0.2, 0) is 4.79 Å². The molecule has 2 nitrogen and oxygen atoms in total. The van der Waals surface area contributed by atoms with Crippen molar-refractivity contribution in [3.05, 3.63) is 88.0 Å². The number of hydrogen-bond donors (Lipinski definition) is 1. The number of aliphatic hydroxyl groups is 1. The monoisotopic (exact) mass is 614 g/mol. The van der Waals surface area contributed by atoms with E-state index in [4.69, 9.17) is 0 Å². The van der Waals surface area contributed by atoms with Crippen molar-refractivity contribution in [2.75, 3.05) is 6.26 Å². The molecule has 2 aromatic rings. The lowest BCUT2D eigenvalue weighted by molar-refractivity contribution is -0.362. The van der Waals surface area contributed by atoms with Crippen molar-refractivity contribution >= 4 is 29.7 Å². The number of rotatable bonds is 5. The average Bonchev–Trinajstić information content (AvgIpc) is 3.26. The molecule has 4 unspecified atom stereocenters. The fraction of sp³-hybridized carbons (Fsp3) is 0.457. The number of allylic oxidation sites excluding steroid dienone is 4. The van der Waals surface area contributed by atoms with Gasteiger partial charge in [0.2, 0.25) is 0 Å². The smallest absolute Gasteiger partial charge is 0.383 e. The minimum absolute atomic E-state index is 0.0205. The van der Waals surface area contributed by atoms with E-state index in [-0.39, 0.29) is 24.5 Å². The molecule has 5 atom stereocenters. The van der Waals surface area contributed by atoms with Gasteiger partial charge in [0.15, 0.2) is 5.78 Å². The van der Waals surface area contributed by atoms with Crippen molar-refractivity contribution in [1.82, 2.24) is 0 Å². The summed E-state index contributed by atoms with van der Waals surface area (Å²) >= 11 is 1.67. The fourth-order valence-electron chi connectivity index (χ4n) is 8.46. The number of carbonyl (C=O) groups is 1. The van der Waals surface area contributed by atoms with Gasteiger partial charge in [0.05, 0.1) is 0 Å². The highest BCUT2D eigenvalue weighted by Gasteiger charge is 2.79. The van der Waals surface area contributed by atoms with Crippen molar-refractivity contribution in [2.45, 2.75) is 80.4 Å². The van der Waals surface area contributed by atoms with E-state index in [2.05, 4.69) is 0 Å². The van der Waals surface area contributed by atoms with Gasteiger partial charge in [-0.1, -0.05) is 61.0 Å². The lowest BCUT2D eigenvalue weighted by atomic mass is 9.50. The summed E-state index contributed by atoms with van der Waals surface area (Å²) < 4.78 is 71.7. The molecule has 4 aliphatic rings. The Morgan fingerprint density at radius 2 is 1.53 bits per heavy atom. The molecule has 0 spiro atoms. The molecular formula is C35H35F5O2S. The summed E-state index contributed by atoms with van der Waals surface area (Å²) in [6.45, 7) is 1.45. The van der Waals surface area contributed by atoms with Crippen LogP contribution in [0.25, 0.3) is 12.2 Å². The maximum absolute atomic E-state index is 15.2. The molecule has 2 saturated carbocycles. The van der Waals surface area contributed by atoms with Gasteiger partial charge in [0, 0.05) is 22.6 Å². The van der Waals surface area contributed by atoms with Crippen molar-refractivity contribution in [1.29, 1.82) is 0 Å². The first kappa shape index (κ1) is 30.3. The normalized spacial score (nSPS) is 31.1. The van der Waals surface area contributed by atoms with Crippen LogP contribution in [0.4, 0.5) is 22.0 Å². The van der Waals surface area contributed by atoms with Gasteiger partial charge in [-0.3, -0.25) is 4.79 Å². The number of halogens is 5. The van der Waals surface area contributed by atoms with E-state index in [0.29, 0.717) is 25.7 Å². The van der Waals surface area contributed by atoms with Gasteiger partial charge in [-0.15, -0.1) is 11.8 Å². The zero-order chi connectivity index (χ0) is 30.8. The first-order valence-electron chi connectivity index (χ1n) is 14.8. The topological polar surface area (TPSA) is 37.3 Å². The molecule has 2 aromatic carbocycles. The molecule has 0 saturated heterocycles. The molecule has 0 bridgehead atoms. The maximum atomic E-state index is 15.2. The molecule has 228 valence electrons. The summed E-state index contributed by atoms with van der Waals surface area (Å²) in [6.07, 6.45) is 3.38. The third-order valence-corrected chi connectivity index (χ3v) is 11.4. The summed E-state index contributed by atoms with van der Waals surface area (Å²) in [5, 5.41) is 11.4. The highest BCUT2D eigenvalue weighted by Crippen LogP contribution is 2.70. The second-order valence-electron chi connectivity index (χ2n) is 12.7. The van der Waals surface area contributed by atoms with Gasteiger partial charge >= 0.3 is 12.1 Å². The standard InChI is InChI=1S/C35H35F5O2S/c1-32-20-29(23-9-5-21(6-10-23)3-4-22-7-13-26(43-2)14-8-22)31-27-16-12-25(41)19-24(27)11-15-28(31)30(32)17-18-33(32,42)34(36,37)35(38,39)40/h3-10,13-14,19,28-30,42H,11-12,15-18,20H2,1-2H3/b4-3+/t28?,29-,30?,32?,33?/m1/s1. The van der Waals surface area contributed by atoms with Crippen LogP contribution in [0.1, 0.15) is 74.5 Å². The van der Waals surface area contributed by atoms with Gasteiger partial charge < -0.3 is 5.11 Å². The van der Waals surface area contributed by atoms with E-state index >= 15 is 8.78 Å². The first-order valence-corrected chi connectivity index (χ1v) is 16.1. The molecule has 0 radical (unpaired) electrons. The van der Waals surface area contributed by atoms with Crippen molar-refractivity contribution < 1.29 is 31.9 Å². The molecule has 43 heavy (non-hydrogen) atoms. The number of hydrogen-bond acceptors (Lipinski definition) is 3. The van der Waals surface area contributed by atoms with Crippen LogP contribution in [0, 0.1) is 17.3 Å². The second kappa shape index (κ2) is 10.7. The Kier molecular flexibility index (Phi) is 7.56. The summed E-state index contributed by atoms with van der Waals surface area (Å²) in [7, 11) is 0. The number of ketones is 1. The number of thioether (sulfide) groups is 1. The molecule has 0 amide bonds. The van der Waals surface area contributed by atoms with Crippen molar-refractivity contribution in [3.63, 3.8) is 0 Å². The number of alkyl halides is 5. The van der Waals surface area contributed by atoms with Crippen LogP contribution in [0.15, 0.2) is 76.2 Å². The first-order chi connectivity index (χ1) is 20.3. The van der Waals surface area contributed by atoms with Crippen LogP contribution in [0.3, 0.4) is 0 Å². The maximum Gasteiger partial charge on any atom is 0.456 e. The molecule has 8 heteroatoms. The fourth-order valence-corrected chi connectivity index (χ4v) is 8.87. The van der Waals surface area contributed by atoms with E-state index in [1.54, 1.807) is 17.8 Å². The van der Waals surface area contributed by atoms with Gasteiger partial charge in [-0.2, -0.15) is 22.0 Å². The number of carbonyl (C=O) groups excluding carboxylic acids is 1. The summed E-state index contributed by atoms with van der Waals surface area (Å²) in [5.41, 5.74) is 1.06. The molecule has 1 N–H and O–H groups in total. The Labute approximate surface area is 253 Å². The quantitative estimate of drug-likeness (QED) is 0.207. The Hall–Kier alpha value is -2.71. The van der Waals surface area contributed by atoms with Crippen molar-refractivity contribution in [2.24, 2.45) is 17.3 Å². The summed E-state index contributed by atoms with van der Waals surface area (Å²) in [4.78, 5) is 13.4. The van der Waals surface area contributed by atoms with Gasteiger partial charge in [0.25, 0.3) is 0 Å². The van der Waals surface area contributed by atoms with Gasteiger partial charge in [0.1, 0.15) is 5.60 Å². The molecule has 0 aliphatic heterocycles. The Balaban J connectivity index is 1.40. The highest BCUT2D eigenvalue weighted by molar-refractivity contribution is 7.98. The van der Waals surface area contributed by atoms with Crippen LogP contribution in [0.2, 0.25) is 0 Å².